The summed E-state index contributed by atoms with van der Waals surface area (Å²) in [4.78, 5) is 14.8. The molecule has 0 aliphatic carbocycles. The molecular formula is C15H19ClN2O. The van der Waals surface area contributed by atoms with Gasteiger partial charge in [0.05, 0.1) is 10.6 Å². The van der Waals surface area contributed by atoms with Crippen molar-refractivity contribution in [2.75, 3.05) is 13.1 Å². The Balaban J connectivity index is 1.93. The second-order valence-corrected chi connectivity index (χ2v) is 6.10. The van der Waals surface area contributed by atoms with Crippen molar-refractivity contribution in [3.8, 4) is 0 Å². The standard InChI is InChI=1S/C15H19ClN2O/c1-9-4-3-5-12(14(9)16)15(19)18-10(2)6-11-7-17-8-13(11)18/h3-5,10-11,13,17H,6-8H2,1-2H3. The zero-order valence-corrected chi connectivity index (χ0v) is 12.1. The number of amides is 1. The van der Waals surface area contributed by atoms with Crippen LogP contribution in [0.25, 0.3) is 0 Å². The molecule has 3 unspecified atom stereocenters. The topological polar surface area (TPSA) is 32.3 Å². The Morgan fingerprint density at radius 2 is 2.21 bits per heavy atom. The molecule has 0 spiro atoms. The summed E-state index contributed by atoms with van der Waals surface area (Å²) >= 11 is 6.29. The van der Waals surface area contributed by atoms with Crippen molar-refractivity contribution in [3.05, 3.63) is 34.3 Å². The van der Waals surface area contributed by atoms with Gasteiger partial charge in [-0.25, -0.2) is 0 Å². The molecule has 3 nitrogen and oxygen atoms in total. The first-order valence-corrected chi connectivity index (χ1v) is 7.26. The maximum Gasteiger partial charge on any atom is 0.255 e. The Morgan fingerprint density at radius 1 is 1.42 bits per heavy atom. The third-order valence-corrected chi connectivity index (χ3v) is 4.94. The van der Waals surface area contributed by atoms with Gasteiger partial charge in [0, 0.05) is 25.2 Å². The Bertz CT molecular complexity index is 517. The lowest BCUT2D eigenvalue weighted by atomic mass is 10.0. The van der Waals surface area contributed by atoms with E-state index in [9.17, 15) is 4.79 Å². The van der Waals surface area contributed by atoms with Crippen LogP contribution in [0.4, 0.5) is 0 Å². The Hall–Kier alpha value is -1.06. The fraction of sp³-hybridized carbons (Fsp3) is 0.533. The van der Waals surface area contributed by atoms with E-state index in [0.29, 0.717) is 28.6 Å². The maximum absolute atomic E-state index is 12.8. The summed E-state index contributed by atoms with van der Waals surface area (Å²) in [6.45, 7) is 6.01. The molecule has 2 aliphatic heterocycles. The third kappa shape index (κ3) is 2.05. The van der Waals surface area contributed by atoms with E-state index in [4.69, 9.17) is 11.6 Å². The number of nitrogens with one attached hydrogen (secondary N) is 1. The molecule has 2 saturated heterocycles. The second-order valence-electron chi connectivity index (χ2n) is 5.72. The lowest BCUT2D eigenvalue weighted by molar-refractivity contribution is 0.0682. The number of aryl methyl sites for hydroxylation is 1. The Kier molecular flexibility index (Phi) is 3.27. The highest BCUT2D eigenvalue weighted by molar-refractivity contribution is 6.34. The number of nitrogens with zero attached hydrogens (tertiary/aromatic N) is 1. The molecular weight excluding hydrogens is 260 g/mol. The van der Waals surface area contributed by atoms with Crippen LogP contribution >= 0.6 is 11.6 Å². The van der Waals surface area contributed by atoms with Crippen LogP contribution in [0, 0.1) is 12.8 Å². The summed E-state index contributed by atoms with van der Waals surface area (Å²) < 4.78 is 0. The number of hydrogen-bond acceptors (Lipinski definition) is 2. The molecule has 1 aromatic rings. The molecule has 19 heavy (non-hydrogen) atoms. The van der Waals surface area contributed by atoms with E-state index in [1.165, 1.54) is 0 Å². The Morgan fingerprint density at radius 3 is 3.00 bits per heavy atom. The van der Waals surface area contributed by atoms with Gasteiger partial charge in [-0.2, -0.15) is 0 Å². The predicted octanol–water partition coefficient (Wildman–Crippen LogP) is 2.47. The molecule has 0 saturated carbocycles. The molecule has 2 fully saturated rings. The van der Waals surface area contributed by atoms with Crippen LogP contribution in [0.15, 0.2) is 18.2 Å². The summed E-state index contributed by atoms with van der Waals surface area (Å²) in [5.41, 5.74) is 1.60. The van der Waals surface area contributed by atoms with Gasteiger partial charge in [0.2, 0.25) is 0 Å². The van der Waals surface area contributed by atoms with Gasteiger partial charge in [0.1, 0.15) is 0 Å². The summed E-state index contributed by atoms with van der Waals surface area (Å²) in [5, 5.41) is 3.97. The van der Waals surface area contributed by atoms with E-state index in [-0.39, 0.29) is 5.91 Å². The quantitative estimate of drug-likeness (QED) is 0.856. The minimum absolute atomic E-state index is 0.0809. The van der Waals surface area contributed by atoms with Gasteiger partial charge < -0.3 is 10.2 Å². The summed E-state index contributed by atoms with van der Waals surface area (Å²) in [6, 6.07) is 6.31. The van der Waals surface area contributed by atoms with E-state index < -0.39 is 0 Å². The molecule has 3 rings (SSSR count). The fourth-order valence-electron chi connectivity index (χ4n) is 3.47. The van der Waals surface area contributed by atoms with E-state index in [1.807, 2.05) is 30.0 Å². The number of benzene rings is 1. The van der Waals surface area contributed by atoms with E-state index in [1.54, 1.807) is 0 Å². The zero-order chi connectivity index (χ0) is 13.6. The van der Waals surface area contributed by atoms with Crippen LogP contribution in [0.2, 0.25) is 5.02 Å². The van der Waals surface area contributed by atoms with Crippen molar-refractivity contribution in [2.45, 2.75) is 32.4 Å². The summed E-state index contributed by atoms with van der Waals surface area (Å²) in [5.74, 6) is 0.680. The van der Waals surface area contributed by atoms with E-state index in [0.717, 1.165) is 25.1 Å². The summed E-state index contributed by atoms with van der Waals surface area (Å²) in [6.07, 6.45) is 1.09. The van der Waals surface area contributed by atoms with Crippen molar-refractivity contribution in [2.24, 2.45) is 5.92 Å². The molecule has 0 aromatic heterocycles. The highest BCUT2D eigenvalue weighted by atomic mass is 35.5. The lowest BCUT2D eigenvalue weighted by Gasteiger charge is -2.28. The number of carbonyl (C=O) groups excluding carboxylic acids is 1. The third-order valence-electron chi connectivity index (χ3n) is 4.44. The van der Waals surface area contributed by atoms with Crippen molar-refractivity contribution in [3.63, 3.8) is 0 Å². The smallest absolute Gasteiger partial charge is 0.255 e. The minimum atomic E-state index is 0.0809. The van der Waals surface area contributed by atoms with Crippen LogP contribution in [0.1, 0.15) is 29.3 Å². The van der Waals surface area contributed by atoms with Crippen molar-refractivity contribution >= 4 is 17.5 Å². The molecule has 1 N–H and O–H groups in total. The Labute approximate surface area is 118 Å². The molecule has 3 atom stereocenters. The maximum atomic E-state index is 12.8. The van der Waals surface area contributed by atoms with Gasteiger partial charge in [-0.1, -0.05) is 23.7 Å². The van der Waals surface area contributed by atoms with Crippen molar-refractivity contribution in [1.82, 2.24) is 10.2 Å². The summed E-state index contributed by atoms with van der Waals surface area (Å²) in [7, 11) is 0. The van der Waals surface area contributed by atoms with Gasteiger partial charge in [0.25, 0.3) is 5.91 Å². The molecule has 0 radical (unpaired) electrons. The fourth-order valence-corrected chi connectivity index (χ4v) is 3.67. The van der Waals surface area contributed by atoms with Gasteiger partial charge in [0.15, 0.2) is 0 Å². The van der Waals surface area contributed by atoms with Crippen molar-refractivity contribution < 1.29 is 4.79 Å². The first-order chi connectivity index (χ1) is 9.09. The minimum Gasteiger partial charge on any atom is -0.331 e. The van der Waals surface area contributed by atoms with Gasteiger partial charge in [-0.3, -0.25) is 4.79 Å². The highest BCUT2D eigenvalue weighted by Gasteiger charge is 2.44. The molecule has 102 valence electrons. The van der Waals surface area contributed by atoms with Gasteiger partial charge in [-0.05, 0) is 37.8 Å². The molecule has 2 heterocycles. The molecule has 1 aromatic carbocycles. The first kappa shape index (κ1) is 12.9. The largest absolute Gasteiger partial charge is 0.331 e. The number of carbonyl (C=O) groups is 1. The van der Waals surface area contributed by atoms with E-state index in [2.05, 4.69) is 12.2 Å². The highest BCUT2D eigenvalue weighted by Crippen LogP contribution is 2.34. The second kappa shape index (κ2) is 4.80. The van der Waals surface area contributed by atoms with E-state index >= 15 is 0 Å². The van der Waals surface area contributed by atoms with Crippen LogP contribution in [0.3, 0.4) is 0 Å². The SMILES string of the molecule is Cc1cccc(C(=O)N2C(C)CC3CNCC32)c1Cl. The van der Waals surface area contributed by atoms with Gasteiger partial charge >= 0.3 is 0 Å². The first-order valence-electron chi connectivity index (χ1n) is 6.88. The number of hydrogen-bond donors (Lipinski definition) is 1. The monoisotopic (exact) mass is 278 g/mol. The van der Waals surface area contributed by atoms with Crippen LogP contribution in [-0.2, 0) is 0 Å². The molecule has 0 bridgehead atoms. The molecule has 2 aliphatic rings. The number of rotatable bonds is 1. The average molecular weight is 279 g/mol. The average Bonchev–Trinajstić information content (AvgIpc) is 2.91. The van der Waals surface area contributed by atoms with Gasteiger partial charge in [-0.15, -0.1) is 0 Å². The van der Waals surface area contributed by atoms with Crippen LogP contribution in [-0.4, -0.2) is 36.0 Å². The lowest BCUT2D eigenvalue weighted by Crippen LogP contribution is -2.42. The number of fused-ring (bicyclic) bond motifs is 1. The van der Waals surface area contributed by atoms with Crippen LogP contribution < -0.4 is 5.32 Å². The number of likely N-dealkylation sites (tertiary alicyclic amines) is 1. The van der Waals surface area contributed by atoms with Crippen LogP contribution in [0.5, 0.6) is 0 Å². The predicted molar refractivity (Wildman–Crippen MR) is 76.6 cm³/mol. The van der Waals surface area contributed by atoms with Crippen molar-refractivity contribution in [1.29, 1.82) is 0 Å². The number of halogens is 1. The molecule has 4 heteroatoms. The normalized spacial score (nSPS) is 29.6. The molecule has 1 amide bonds. The zero-order valence-electron chi connectivity index (χ0n) is 11.3.